The summed E-state index contributed by atoms with van der Waals surface area (Å²) in [6, 6.07) is 37.2. The van der Waals surface area contributed by atoms with Crippen LogP contribution >= 0.6 is 0 Å². The molecule has 2 aliphatic heterocycles. The van der Waals surface area contributed by atoms with E-state index in [1.807, 2.05) is 0 Å². The van der Waals surface area contributed by atoms with Gasteiger partial charge in [-0.3, -0.25) is 0 Å². The van der Waals surface area contributed by atoms with Crippen LogP contribution < -0.4 is 9.97 Å². The smallest absolute Gasteiger partial charge is 0.657 e. The van der Waals surface area contributed by atoms with Crippen LogP contribution in [-0.2, 0) is 38.2 Å². The SMILES string of the molecule is CCCCCC[Si](C#CC#CC#Cc1c2nc(c(-c3cc(C(C)(C)C)cc(C(C)(C)C)c3)c3ccc([n-]3)c(-c3ccccc3)c3nc(c(-c4cc(C(C)(C)C)cc(C(C)(C)C)c4)c4ccc1[n-]4)C=C3)C=C2)(CCCCCC)CCCCCC.[Ni+2]. The molecule has 8 rings (SSSR count). The minimum atomic E-state index is -1.88. The summed E-state index contributed by atoms with van der Waals surface area (Å²) >= 11 is 0. The number of nitrogens with zero attached hydrogens (tertiary/aromatic N) is 4. The van der Waals surface area contributed by atoms with Gasteiger partial charge >= 0.3 is 16.5 Å². The minimum absolute atomic E-state index is 0. The van der Waals surface area contributed by atoms with E-state index in [1.165, 1.54) is 117 Å². The second-order valence-electron chi connectivity index (χ2n) is 27.8. The van der Waals surface area contributed by atoms with Crippen LogP contribution in [0.3, 0.4) is 0 Å². The third-order valence-electron chi connectivity index (χ3n) is 16.8. The van der Waals surface area contributed by atoms with E-state index in [0.29, 0.717) is 5.56 Å². The first-order chi connectivity index (χ1) is 39.5. The Labute approximate surface area is 518 Å². The number of unbranched alkanes of at least 4 members (excludes halogenated alkanes) is 9. The molecule has 3 aromatic heterocycles. The second kappa shape index (κ2) is 28.2. The zero-order valence-electron chi connectivity index (χ0n) is 53.7. The Balaban J connectivity index is 0.0000101. The summed E-state index contributed by atoms with van der Waals surface area (Å²) in [4.78, 5) is 22.4. The van der Waals surface area contributed by atoms with Gasteiger partial charge < -0.3 is 9.97 Å². The number of hydrogen-bond donors (Lipinski definition) is 0. The number of hydrogen-bond acceptors (Lipinski definition) is 2. The third-order valence-corrected chi connectivity index (χ3v) is 21.4. The van der Waals surface area contributed by atoms with Gasteiger partial charge in [-0.05, 0) is 143 Å². The van der Waals surface area contributed by atoms with Crippen LogP contribution in [0, 0.1) is 35.1 Å². The molecular weight excluding hydrogens is 1080 g/mol. The molecule has 2 aliphatic rings. The zero-order chi connectivity index (χ0) is 59.6. The van der Waals surface area contributed by atoms with Crippen LogP contribution in [0.2, 0.25) is 18.1 Å². The number of aromatic nitrogens is 4. The quantitative estimate of drug-likeness (QED) is 0.0488. The molecule has 0 amide bonds. The summed E-state index contributed by atoms with van der Waals surface area (Å²) in [5.41, 5.74) is 21.9. The average Bonchev–Trinajstić information content (AvgIpc) is 3.20. The normalized spacial score (nSPS) is 12.5. The fraction of sp³-hybridized carbons (Fsp3) is 0.436. The van der Waals surface area contributed by atoms with Crippen LogP contribution in [0.1, 0.15) is 231 Å². The molecule has 0 atom stereocenters. The topological polar surface area (TPSA) is 54.0 Å². The summed E-state index contributed by atoms with van der Waals surface area (Å²) in [6.45, 7) is 34.4. The molecule has 5 heterocycles. The van der Waals surface area contributed by atoms with Gasteiger partial charge in [-0.2, -0.15) is 0 Å². The summed E-state index contributed by atoms with van der Waals surface area (Å²) in [5, 5.41) is 0. The van der Waals surface area contributed by atoms with Gasteiger partial charge in [0.25, 0.3) is 0 Å². The summed E-state index contributed by atoms with van der Waals surface area (Å²) in [5.74, 6) is 16.9. The van der Waals surface area contributed by atoms with Gasteiger partial charge in [-0.25, -0.2) is 9.97 Å². The van der Waals surface area contributed by atoms with Crippen molar-refractivity contribution >= 4 is 54.4 Å². The Morgan fingerprint density at radius 1 is 0.381 bits per heavy atom. The predicted molar refractivity (Wildman–Crippen MR) is 363 cm³/mol. The number of fused-ring (bicyclic) bond motifs is 8. The molecule has 0 unspecified atom stereocenters. The van der Waals surface area contributed by atoms with Crippen LogP contribution in [0.4, 0.5) is 0 Å². The Morgan fingerprint density at radius 3 is 1.14 bits per heavy atom. The molecule has 6 heteroatoms. The van der Waals surface area contributed by atoms with Crippen molar-refractivity contribution < 1.29 is 16.5 Å². The molecule has 0 fully saturated rings. The first-order valence-corrected chi connectivity index (χ1v) is 34.1. The van der Waals surface area contributed by atoms with Gasteiger partial charge in [0.15, 0.2) is 0 Å². The van der Waals surface area contributed by atoms with Gasteiger partial charge in [0.1, 0.15) is 8.07 Å². The van der Waals surface area contributed by atoms with E-state index in [9.17, 15) is 0 Å². The Morgan fingerprint density at radius 2 is 0.738 bits per heavy atom. The molecular formula is C78H94N4NiSi. The maximum Gasteiger partial charge on any atom is 2.00 e. The van der Waals surface area contributed by atoms with Crippen LogP contribution in [-0.4, -0.2) is 18.0 Å². The van der Waals surface area contributed by atoms with Crippen LogP contribution in [0.15, 0.2) is 91.0 Å². The standard InChI is InChI=1S/C78H94N4Si.Ni/c1-16-19-22-31-46-83(47-32-23-20-17-2,48-33-24-21-18-3)49-34-26-25-30-37-63-64-38-40-68(79-64)73(57-50-59(75(4,5)6)54-60(51-57)76(7,8)9)70-44-42-66(81-70)72(56-35-28-27-29-36-56)67-43-45-71(82-67)74(69-41-39-65(63)80-69)58-52-61(77(10,11)12)55-62(53-58)78(13,14)15;/h27-29,35-36,38-45,50-55H,16-24,31-33,46-48H2,1-15H3;/q-2;+2. The molecule has 3 aromatic carbocycles. The molecule has 0 saturated heterocycles. The first-order valence-electron chi connectivity index (χ1n) is 31.5. The van der Waals surface area contributed by atoms with Gasteiger partial charge in [0.05, 0.1) is 22.8 Å². The third kappa shape index (κ3) is 16.3. The Bertz CT molecular complexity index is 3540. The van der Waals surface area contributed by atoms with Crippen molar-refractivity contribution in [2.75, 3.05) is 0 Å². The van der Waals surface area contributed by atoms with Crippen LogP contribution in [0.5, 0.6) is 0 Å². The predicted octanol–water partition coefficient (Wildman–Crippen LogP) is 21.2. The molecule has 440 valence electrons. The molecule has 84 heavy (non-hydrogen) atoms. The summed E-state index contributed by atoms with van der Waals surface area (Å²) in [6.07, 6.45) is 23.9. The van der Waals surface area contributed by atoms with Crippen LogP contribution in [0.25, 0.3) is 79.8 Å². The van der Waals surface area contributed by atoms with E-state index in [-0.39, 0.29) is 38.2 Å². The van der Waals surface area contributed by atoms with E-state index in [0.717, 1.165) is 78.2 Å². The van der Waals surface area contributed by atoms with Gasteiger partial charge in [0.2, 0.25) is 0 Å². The molecule has 0 saturated carbocycles. The van der Waals surface area contributed by atoms with Crippen molar-refractivity contribution in [1.29, 1.82) is 0 Å². The molecule has 0 spiro atoms. The fourth-order valence-corrected chi connectivity index (χ4v) is 15.8. The zero-order valence-corrected chi connectivity index (χ0v) is 55.7. The largest absolute Gasteiger partial charge is 2.00 e. The van der Waals surface area contributed by atoms with Gasteiger partial charge in [-0.1, -0.05) is 278 Å². The number of benzene rings is 3. The van der Waals surface area contributed by atoms with E-state index in [1.54, 1.807) is 0 Å². The van der Waals surface area contributed by atoms with Crippen molar-refractivity contribution in [2.45, 2.75) is 221 Å². The van der Waals surface area contributed by atoms with Gasteiger partial charge in [-0.15, -0.1) is 27.6 Å². The molecule has 0 radical (unpaired) electrons. The van der Waals surface area contributed by atoms with Gasteiger partial charge in [0, 0.05) is 5.56 Å². The molecule has 4 nitrogen and oxygen atoms in total. The van der Waals surface area contributed by atoms with Crippen molar-refractivity contribution in [3.63, 3.8) is 0 Å². The first kappa shape index (κ1) is 65.2. The average molecular weight is 1170 g/mol. The van der Waals surface area contributed by atoms with E-state index in [4.69, 9.17) is 19.9 Å². The van der Waals surface area contributed by atoms with E-state index < -0.39 is 8.07 Å². The van der Waals surface area contributed by atoms with Crippen molar-refractivity contribution in [3.05, 3.63) is 142 Å². The van der Waals surface area contributed by atoms with E-state index in [2.05, 4.69) is 254 Å². The molecule has 0 N–H and O–H groups in total. The van der Waals surface area contributed by atoms with Crippen molar-refractivity contribution in [1.82, 2.24) is 19.9 Å². The number of rotatable bonds is 18. The second-order valence-corrected chi connectivity index (χ2v) is 32.1. The maximum atomic E-state index is 5.62. The Hall–Kier alpha value is -6.35. The van der Waals surface area contributed by atoms with Crippen molar-refractivity contribution in [3.8, 4) is 68.5 Å². The molecule has 8 bridgehead atoms. The molecule has 0 aliphatic carbocycles. The minimum Gasteiger partial charge on any atom is -0.657 e. The summed E-state index contributed by atoms with van der Waals surface area (Å²) < 4.78 is 0. The fourth-order valence-electron chi connectivity index (χ4n) is 11.5. The van der Waals surface area contributed by atoms with E-state index >= 15 is 0 Å². The molecule has 6 aromatic rings. The summed E-state index contributed by atoms with van der Waals surface area (Å²) in [7, 11) is -1.88. The Kier molecular flexibility index (Phi) is 21.9. The van der Waals surface area contributed by atoms with Crippen molar-refractivity contribution in [2.24, 2.45) is 0 Å². The monoisotopic (exact) mass is 1170 g/mol. The maximum absolute atomic E-state index is 5.62.